The molecule has 1 unspecified atom stereocenters. The number of hydrogen-bond donors (Lipinski definition) is 5. The number of aliphatic hydroxyl groups excluding tert-OH is 1. The van der Waals surface area contributed by atoms with Crippen LogP contribution in [-0.4, -0.2) is 81.7 Å². The molecular formula is C34H46N4O7. The maximum absolute atomic E-state index is 13.3. The van der Waals surface area contributed by atoms with Gasteiger partial charge in [-0.25, -0.2) is 0 Å². The van der Waals surface area contributed by atoms with E-state index < -0.39 is 18.3 Å². The minimum absolute atomic E-state index is 0.00604. The number of carbonyl (C=O) groups excluding carboxylic acids is 2. The molecule has 0 aromatic heterocycles. The average Bonchev–Trinajstić information content (AvgIpc) is 3.50. The van der Waals surface area contributed by atoms with Crippen molar-refractivity contribution in [2.45, 2.75) is 110 Å². The fourth-order valence-electron chi connectivity index (χ4n) is 7.98. The van der Waals surface area contributed by atoms with E-state index in [0.717, 1.165) is 41.5 Å². The van der Waals surface area contributed by atoms with Crippen LogP contribution in [0.3, 0.4) is 0 Å². The van der Waals surface area contributed by atoms with Crippen molar-refractivity contribution < 1.29 is 34.4 Å². The second kappa shape index (κ2) is 12.0. The maximum atomic E-state index is 13.3. The Labute approximate surface area is 264 Å². The van der Waals surface area contributed by atoms with Gasteiger partial charge in [0, 0.05) is 41.3 Å². The molecule has 2 amide bonds. The van der Waals surface area contributed by atoms with Crippen molar-refractivity contribution in [3.63, 3.8) is 0 Å². The molecule has 11 nitrogen and oxygen atoms in total. The number of phenolic OH excluding ortho intramolecular Hbond substituents is 2. The molecule has 0 saturated carbocycles. The first kappa shape index (κ1) is 31.4. The van der Waals surface area contributed by atoms with Gasteiger partial charge in [-0.3, -0.25) is 19.4 Å². The normalized spacial score (nSPS) is 25.6. The zero-order valence-corrected chi connectivity index (χ0v) is 27.1. The zero-order chi connectivity index (χ0) is 32.3. The van der Waals surface area contributed by atoms with Gasteiger partial charge in [-0.15, -0.1) is 0 Å². The summed E-state index contributed by atoms with van der Waals surface area (Å²) in [6.07, 6.45) is 3.12. The van der Waals surface area contributed by atoms with Crippen molar-refractivity contribution in [2.24, 2.45) is 0 Å². The van der Waals surface area contributed by atoms with Gasteiger partial charge in [-0.05, 0) is 70.7 Å². The number of nitrogens with one attached hydrogen (secondary N) is 2. The Morgan fingerprint density at radius 1 is 1.02 bits per heavy atom. The molecule has 5 N–H and O–H groups in total. The van der Waals surface area contributed by atoms with Gasteiger partial charge >= 0.3 is 0 Å². The lowest BCUT2D eigenvalue weighted by Gasteiger charge is -2.60. The van der Waals surface area contributed by atoms with Crippen molar-refractivity contribution in [3.05, 3.63) is 45.0 Å². The SMILES string of the molecule is CCCCCC(=O)N[C@@H](C)C(=O)NC[C@H]1c2c(c(O)c(C)c3c2OCO3)CC2[C@@H]3c4c(cc(C)c(C)c4O)C[C@@H]([C@H](O)N21)N3C. The Kier molecular flexibility index (Phi) is 8.38. The van der Waals surface area contributed by atoms with Gasteiger partial charge in [-0.1, -0.05) is 25.8 Å². The largest absolute Gasteiger partial charge is 0.507 e. The number of carbonyl (C=O) groups is 2. The minimum Gasteiger partial charge on any atom is -0.507 e. The standard InChI is InChI=1S/C34H46N4O7/c1-7-8-9-10-25(39)36-19(5)33(42)35-14-24-27-21(29(40)18(4)31-32(27)45-15-44-31)13-22-28-26-20(11-16(2)17(3)30(26)41)12-23(37(28)6)34(43)38(22)24/h11,19,22-24,28,34,40-41,43H,7-10,12-15H2,1-6H3,(H,35,42)(H,36,39)/t19-,22?,23-,24-,28+,34-/m0/s1. The number of fused-ring (bicyclic) bond motifs is 9. The highest BCUT2D eigenvalue weighted by Crippen LogP contribution is 2.57. The van der Waals surface area contributed by atoms with Gasteiger partial charge in [-0.2, -0.15) is 0 Å². The number of benzene rings is 2. The quantitative estimate of drug-likeness (QED) is 0.281. The Bertz CT molecular complexity index is 1530. The highest BCUT2D eigenvalue weighted by atomic mass is 16.7. The highest BCUT2D eigenvalue weighted by Gasteiger charge is 2.56. The molecule has 1 saturated heterocycles. The molecule has 2 aromatic rings. The second-order valence-electron chi connectivity index (χ2n) is 13.2. The van der Waals surface area contributed by atoms with Crippen molar-refractivity contribution >= 4 is 11.8 Å². The summed E-state index contributed by atoms with van der Waals surface area (Å²) in [7, 11) is 1.98. The van der Waals surface area contributed by atoms with Crippen LogP contribution >= 0.6 is 0 Å². The van der Waals surface area contributed by atoms with Crippen LogP contribution in [0, 0.1) is 20.8 Å². The molecule has 4 aliphatic rings. The fraction of sp³-hybridized carbons (Fsp3) is 0.588. The lowest BCUT2D eigenvalue weighted by Crippen LogP contribution is -2.69. The van der Waals surface area contributed by atoms with Crippen LogP contribution in [0.4, 0.5) is 0 Å². The molecule has 0 aliphatic carbocycles. The Hall–Kier alpha value is -3.54. The predicted octanol–water partition coefficient (Wildman–Crippen LogP) is 3.15. The first-order chi connectivity index (χ1) is 21.5. The molecule has 0 spiro atoms. The number of aryl methyl sites for hydroxylation is 1. The topological polar surface area (TPSA) is 144 Å². The van der Waals surface area contributed by atoms with Gasteiger partial charge < -0.3 is 35.4 Å². The first-order valence-electron chi connectivity index (χ1n) is 16.2. The summed E-state index contributed by atoms with van der Waals surface area (Å²) in [6, 6.07) is -0.109. The van der Waals surface area contributed by atoms with E-state index in [9.17, 15) is 24.9 Å². The number of hydrogen-bond acceptors (Lipinski definition) is 9. The molecule has 6 rings (SSSR count). The molecule has 0 radical (unpaired) electrons. The molecule has 2 aromatic carbocycles. The molecule has 4 heterocycles. The van der Waals surface area contributed by atoms with Crippen molar-refractivity contribution in [3.8, 4) is 23.0 Å². The number of rotatable bonds is 8. The smallest absolute Gasteiger partial charge is 0.242 e. The summed E-state index contributed by atoms with van der Waals surface area (Å²) in [5.74, 6) is 0.849. The lowest BCUT2D eigenvalue weighted by atomic mass is 9.73. The first-order valence-corrected chi connectivity index (χ1v) is 16.2. The number of aromatic hydroxyl groups is 2. The number of unbranched alkanes of at least 4 members (excludes halogenated alkanes) is 2. The third-order valence-electron chi connectivity index (χ3n) is 10.5. The second-order valence-corrected chi connectivity index (χ2v) is 13.2. The van der Waals surface area contributed by atoms with Crippen LogP contribution in [0.15, 0.2) is 6.07 Å². The molecular weight excluding hydrogens is 576 g/mol. The average molecular weight is 623 g/mol. The van der Waals surface area contributed by atoms with E-state index in [0.29, 0.717) is 47.5 Å². The highest BCUT2D eigenvalue weighted by molar-refractivity contribution is 5.87. The number of nitrogens with zero attached hydrogens (tertiary/aromatic N) is 2. The van der Waals surface area contributed by atoms with Gasteiger partial charge in [0.25, 0.3) is 0 Å². The molecule has 11 heteroatoms. The third-order valence-corrected chi connectivity index (χ3v) is 10.5. The summed E-state index contributed by atoms with van der Waals surface area (Å²) in [5.41, 5.74) is 5.65. The minimum atomic E-state index is -0.916. The van der Waals surface area contributed by atoms with Crippen molar-refractivity contribution in [1.29, 1.82) is 0 Å². The summed E-state index contributed by atoms with van der Waals surface area (Å²) in [6.45, 7) is 9.54. The number of ether oxygens (including phenoxy) is 2. The van der Waals surface area contributed by atoms with Gasteiger partial charge in [0.2, 0.25) is 18.6 Å². The molecule has 45 heavy (non-hydrogen) atoms. The summed E-state index contributed by atoms with van der Waals surface area (Å²) < 4.78 is 11.8. The summed E-state index contributed by atoms with van der Waals surface area (Å²) >= 11 is 0. The molecule has 2 bridgehead atoms. The number of piperazine rings is 1. The monoisotopic (exact) mass is 622 g/mol. The Morgan fingerprint density at radius 3 is 2.49 bits per heavy atom. The zero-order valence-electron chi connectivity index (χ0n) is 27.1. The lowest BCUT2D eigenvalue weighted by molar-refractivity contribution is -0.172. The van der Waals surface area contributed by atoms with E-state index in [1.807, 2.05) is 25.8 Å². The Morgan fingerprint density at radius 2 is 1.76 bits per heavy atom. The van der Waals surface area contributed by atoms with E-state index in [4.69, 9.17) is 9.47 Å². The summed E-state index contributed by atoms with van der Waals surface area (Å²) in [5, 5.41) is 40.9. The maximum Gasteiger partial charge on any atom is 0.242 e. The van der Waals surface area contributed by atoms with Crippen LogP contribution in [0.2, 0.25) is 0 Å². The molecule has 6 atom stereocenters. The van der Waals surface area contributed by atoms with E-state index >= 15 is 0 Å². The van der Waals surface area contributed by atoms with E-state index in [2.05, 4.69) is 28.5 Å². The third kappa shape index (κ3) is 5.09. The Balaban J connectivity index is 1.39. The van der Waals surface area contributed by atoms with Crippen LogP contribution in [0.5, 0.6) is 23.0 Å². The molecule has 244 valence electrons. The number of amides is 2. The van der Waals surface area contributed by atoms with E-state index in [-0.39, 0.29) is 54.8 Å². The van der Waals surface area contributed by atoms with E-state index in [1.165, 1.54) is 0 Å². The van der Waals surface area contributed by atoms with Gasteiger partial charge in [0.15, 0.2) is 11.5 Å². The number of phenols is 2. The van der Waals surface area contributed by atoms with E-state index in [1.54, 1.807) is 13.8 Å². The van der Waals surface area contributed by atoms with Crippen LogP contribution in [0.25, 0.3) is 0 Å². The van der Waals surface area contributed by atoms with Crippen LogP contribution in [0.1, 0.15) is 90.6 Å². The predicted molar refractivity (Wildman–Crippen MR) is 167 cm³/mol. The van der Waals surface area contributed by atoms with Crippen LogP contribution < -0.4 is 20.1 Å². The van der Waals surface area contributed by atoms with Crippen LogP contribution in [-0.2, 0) is 22.4 Å². The fourth-order valence-corrected chi connectivity index (χ4v) is 7.98. The summed E-state index contributed by atoms with van der Waals surface area (Å²) in [4.78, 5) is 29.9. The van der Waals surface area contributed by atoms with Crippen molar-refractivity contribution in [1.82, 2.24) is 20.4 Å². The van der Waals surface area contributed by atoms with Crippen molar-refractivity contribution in [2.75, 3.05) is 20.4 Å². The molecule has 4 aliphatic heterocycles. The molecule has 1 fully saturated rings. The van der Waals surface area contributed by atoms with Gasteiger partial charge in [0.05, 0.1) is 18.1 Å². The number of aliphatic hydroxyl groups is 1. The number of likely N-dealkylation sites (N-methyl/N-ethyl adjacent to an activating group) is 1. The van der Waals surface area contributed by atoms with Gasteiger partial charge in [0.1, 0.15) is 23.8 Å².